The number of hydrogen-bond acceptors (Lipinski definition) is 6. The summed E-state index contributed by atoms with van der Waals surface area (Å²) in [5, 5.41) is 11.5. The second kappa shape index (κ2) is 8.98. The molecule has 0 saturated heterocycles. The van der Waals surface area contributed by atoms with Crippen molar-refractivity contribution in [2.24, 2.45) is 0 Å². The Morgan fingerprint density at radius 1 is 0.893 bits per heavy atom. The van der Waals surface area contributed by atoms with Crippen molar-refractivity contribution in [2.45, 2.75) is 27.2 Å². The lowest BCUT2D eigenvalue weighted by Crippen LogP contribution is -2.15. The smallest absolute Gasteiger partial charge is 0.340 e. The lowest BCUT2D eigenvalue weighted by Gasteiger charge is -2.08. The maximum absolute atomic E-state index is 12.6. The molecule has 0 unspecified atom stereocenters. The number of carbonyl (C=O) groups excluding carboxylic acids is 3. The number of nitrogens with one attached hydrogen (secondary N) is 1. The number of rotatable bonds is 7. The molecule has 0 aromatic rings. The molecule has 0 spiro atoms. The highest BCUT2D eigenvalue weighted by Crippen LogP contribution is 2.41. The van der Waals surface area contributed by atoms with Gasteiger partial charge in [0.15, 0.2) is 0 Å². The Morgan fingerprint density at radius 3 is 1.71 bits per heavy atom. The molecule has 28 heavy (non-hydrogen) atoms. The van der Waals surface area contributed by atoms with Gasteiger partial charge in [-0.25, -0.2) is 9.59 Å². The van der Waals surface area contributed by atoms with Crippen molar-refractivity contribution in [3.63, 3.8) is 0 Å². The summed E-state index contributed by atoms with van der Waals surface area (Å²) in [4.78, 5) is 47.9. The number of esters is 2. The molecular formula is C20H21NO7. The number of amides is 1. The maximum atomic E-state index is 12.6. The summed E-state index contributed by atoms with van der Waals surface area (Å²) in [6.45, 7) is 4.73. The second-order valence-electron chi connectivity index (χ2n) is 5.89. The van der Waals surface area contributed by atoms with Crippen LogP contribution in [-0.4, -0.2) is 42.1 Å². The highest BCUT2D eigenvalue weighted by Gasteiger charge is 2.32. The fourth-order valence-corrected chi connectivity index (χ4v) is 2.87. The molecule has 0 aliphatic heterocycles. The van der Waals surface area contributed by atoms with E-state index in [2.05, 4.69) is 5.32 Å². The zero-order valence-electron chi connectivity index (χ0n) is 15.8. The van der Waals surface area contributed by atoms with Gasteiger partial charge in [0.1, 0.15) is 0 Å². The molecule has 2 aliphatic carbocycles. The molecule has 0 fully saturated rings. The van der Waals surface area contributed by atoms with Crippen LogP contribution in [0, 0.1) is 0 Å². The van der Waals surface area contributed by atoms with E-state index >= 15 is 0 Å². The molecule has 0 aromatic heterocycles. The van der Waals surface area contributed by atoms with E-state index in [-0.39, 0.29) is 36.4 Å². The third-order valence-corrected chi connectivity index (χ3v) is 3.87. The molecule has 2 rings (SSSR count). The number of carboxylic acid groups (broad SMARTS) is 1. The Hall–Kier alpha value is -3.42. The van der Waals surface area contributed by atoms with Gasteiger partial charge in [-0.1, -0.05) is 24.3 Å². The van der Waals surface area contributed by atoms with Gasteiger partial charge in [0.2, 0.25) is 5.91 Å². The van der Waals surface area contributed by atoms with Crippen LogP contribution in [0.4, 0.5) is 5.69 Å². The van der Waals surface area contributed by atoms with Gasteiger partial charge in [0.25, 0.3) is 0 Å². The van der Waals surface area contributed by atoms with Crippen molar-refractivity contribution >= 4 is 29.5 Å². The first-order chi connectivity index (χ1) is 13.3. The van der Waals surface area contributed by atoms with Crippen molar-refractivity contribution in [3.05, 3.63) is 41.0 Å². The van der Waals surface area contributed by atoms with Crippen LogP contribution in [0.2, 0.25) is 0 Å². The number of fused-ring (bicyclic) bond motifs is 1. The van der Waals surface area contributed by atoms with Gasteiger partial charge in [0.05, 0.1) is 36.4 Å². The predicted molar refractivity (Wildman–Crippen MR) is 101 cm³/mol. The Balaban J connectivity index is 2.82. The summed E-state index contributed by atoms with van der Waals surface area (Å²) in [7, 11) is 0. The molecule has 1 amide bonds. The summed E-state index contributed by atoms with van der Waals surface area (Å²) in [6, 6.07) is 6.17. The fourth-order valence-electron chi connectivity index (χ4n) is 2.87. The normalized spacial score (nSPS) is 10.4. The lowest BCUT2D eigenvalue weighted by atomic mass is 10.1. The number of anilines is 1. The standard InChI is InChI=1S/C20H21NO7/c1-4-27-19(25)16-13-8-6-12(10-15(23)24)7-9-14(13)17(20(26)28-5-2)18(16)21-11(3)22/h6-9H,4-5,10H2,1-3H3,(H,21,22)(H,23,24). The minimum Gasteiger partial charge on any atom is -0.481 e. The quantitative estimate of drug-likeness (QED) is 0.701. The first kappa shape index (κ1) is 20.9. The van der Waals surface area contributed by atoms with Gasteiger partial charge in [-0.05, 0) is 30.5 Å². The van der Waals surface area contributed by atoms with Gasteiger partial charge in [-0.2, -0.15) is 0 Å². The Bertz CT molecular complexity index is 848. The molecule has 0 radical (unpaired) electrons. The average molecular weight is 387 g/mol. The van der Waals surface area contributed by atoms with E-state index < -0.39 is 23.8 Å². The first-order valence-corrected chi connectivity index (χ1v) is 8.72. The SMILES string of the molecule is CCOC(=O)c1c2ccc(CC(=O)O)ccc-2c(C(=O)OCC)c1NC(C)=O. The zero-order chi connectivity index (χ0) is 20.8. The van der Waals surface area contributed by atoms with Crippen LogP contribution in [0.3, 0.4) is 0 Å². The molecule has 0 bridgehead atoms. The Labute approximate surface area is 161 Å². The summed E-state index contributed by atoms with van der Waals surface area (Å²) in [6.07, 6.45) is -0.223. The lowest BCUT2D eigenvalue weighted by molar-refractivity contribution is -0.136. The topological polar surface area (TPSA) is 119 Å². The van der Waals surface area contributed by atoms with E-state index in [0.717, 1.165) is 0 Å². The minimum atomic E-state index is -1.01. The van der Waals surface area contributed by atoms with Crippen LogP contribution >= 0.6 is 0 Å². The number of aliphatic carboxylic acids is 1. The summed E-state index contributed by atoms with van der Waals surface area (Å²) >= 11 is 0. The molecule has 0 saturated carbocycles. The van der Waals surface area contributed by atoms with E-state index in [4.69, 9.17) is 14.6 Å². The summed E-state index contributed by atoms with van der Waals surface area (Å²) < 4.78 is 10.2. The molecule has 0 heterocycles. The average Bonchev–Trinajstić information content (AvgIpc) is 2.76. The minimum absolute atomic E-state index is 0.0189. The van der Waals surface area contributed by atoms with Crippen LogP contribution in [0.1, 0.15) is 47.1 Å². The molecule has 0 atom stereocenters. The van der Waals surface area contributed by atoms with E-state index in [1.54, 1.807) is 26.0 Å². The van der Waals surface area contributed by atoms with Crippen molar-refractivity contribution < 1.29 is 33.8 Å². The number of hydrogen-bond donors (Lipinski definition) is 2. The van der Waals surface area contributed by atoms with Gasteiger partial charge < -0.3 is 19.9 Å². The fraction of sp³-hybridized carbons (Fsp3) is 0.300. The highest BCUT2D eigenvalue weighted by atomic mass is 16.5. The van der Waals surface area contributed by atoms with Gasteiger partial charge >= 0.3 is 17.9 Å². The Kier molecular flexibility index (Phi) is 6.70. The third kappa shape index (κ3) is 4.46. The predicted octanol–water partition coefficient (Wildman–Crippen LogP) is 2.73. The number of carboxylic acids is 1. The number of carbonyl (C=O) groups is 4. The zero-order valence-corrected chi connectivity index (χ0v) is 15.8. The van der Waals surface area contributed by atoms with E-state index in [9.17, 15) is 19.2 Å². The van der Waals surface area contributed by atoms with Crippen LogP contribution in [0.5, 0.6) is 0 Å². The van der Waals surface area contributed by atoms with E-state index in [1.807, 2.05) is 0 Å². The molecule has 2 N–H and O–H groups in total. The second-order valence-corrected chi connectivity index (χ2v) is 5.89. The largest absolute Gasteiger partial charge is 0.481 e. The van der Waals surface area contributed by atoms with Crippen molar-refractivity contribution in [2.75, 3.05) is 18.5 Å². The van der Waals surface area contributed by atoms with Crippen LogP contribution in [0.25, 0.3) is 11.1 Å². The molecular weight excluding hydrogens is 366 g/mol. The third-order valence-electron chi connectivity index (χ3n) is 3.87. The highest BCUT2D eigenvalue weighted by molar-refractivity contribution is 6.18. The van der Waals surface area contributed by atoms with Gasteiger partial charge in [0, 0.05) is 6.92 Å². The summed E-state index contributed by atoms with van der Waals surface area (Å²) in [5.41, 5.74) is 1.24. The maximum Gasteiger partial charge on any atom is 0.340 e. The molecule has 8 nitrogen and oxygen atoms in total. The molecule has 8 heteroatoms. The number of ether oxygens (including phenoxy) is 2. The van der Waals surface area contributed by atoms with E-state index in [0.29, 0.717) is 16.7 Å². The Morgan fingerprint density at radius 2 is 1.36 bits per heavy atom. The molecule has 148 valence electrons. The van der Waals surface area contributed by atoms with Crippen molar-refractivity contribution in [1.82, 2.24) is 0 Å². The van der Waals surface area contributed by atoms with E-state index in [1.165, 1.54) is 19.1 Å². The van der Waals surface area contributed by atoms with Crippen molar-refractivity contribution in [1.29, 1.82) is 0 Å². The monoisotopic (exact) mass is 387 g/mol. The van der Waals surface area contributed by atoms with Crippen LogP contribution in [-0.2, 0) is 25.5 Å². The van der Waals surface area contributed by atoms with Gasteiger partial charge in [-0.3, -0.25) is 9.59 Å². The first-order valence-electron chi connectivity index (χ1n) is 8.72. The van der Waals surface area contributed by atoms with Crippen LogP contribution < -0.4 is 5.32 Å². The van der Waals surface area contributed by atoms with Crippen molar-refractivity contribution in [3.8, 4) is 11.1 Å². The summed E-state index contributed by atoms with van der Waals surface area (Å²) in [5.74, 6) is -2.90. The van der Waals surface area contributed by atoms with Crippen LogP contribution in [0.15, 0.2) is 24.3 Å². The molecule has 2 aliphatic rings. The molecule has 0 aromatic carbocycles. The van der Waals surface area contributed by atoms with Gasteiger partial charge in [-0.15, -0.1) is 0 Å².